The van der Waals surface area contributed by atoms with Crippen molar-refractivity contribution in [1.82, 2.24) is 9.13 Å². The van der Waals surface area contributed by atoms with E-state index in [0.29, 0.717) is 0 Å². The van der Waals surface area contributed by atoms with Crippen molar-refractivity contribution in [1.29, 1.82) is 0 Å². The first-order valence-corrected chi connectivity index (χ1v) is 20.8. The highest BCUT2D eigenvalue weighted by molar-refractivity contribution is 7.85. The Kier molecular flexibility index (Phi) is 6.46. The molecule has 0 N–H and O–H groups in total. The van der Waals surface area contributed by atoms with Crippen molar-refractivity contribution >= 4 is 117 Å². The third-order valence-electron chi connectivity index (χ3n) is 11.0. The summed E-state index contributed by atoms with van der Waals surface area (Å²) in [6, 6.07) is 60.6. The number of hydrogen-bond donors (Lipinski definition) is 0. The number of rotatable bonds is 4. The summed E-state index contributed by atoms with van der Waals surface area (Å²) in [4.78, 5) is 1.59. The SMILES string of the molecule is O=S(c1ccc2c(c1)c1ccccc1n2-c1ccc2sc3ccccc3c2c1)c1ccc2c(c1)c1ccccc1n2-c1ccc2sc3ccccc3c2c1. The van der Waals surface area contributed by atoms with Crippen molar-refractivity contribution in [2.75, 3.05) is 0 Å². The van der Waals surface area contributed by atoms with Gasteiger partial charge in [-0.25, -0.2) is 4.21 Å². The van der Waals surface area contributed by atoms with Gasteiger partial charge in [0, 0.05) is 83.1 Å². The van der Waals surface area contributed by atoms with Gasteiger partial charge in [0.25, 0.3) is 0 Å². The van der Waals surface area contributed by atoms with Gasteiger partial charge in [-0.05, 0) is 97.1 Å². The quantitative estimate of drug-likeness (QED) is 0.176. The van der Waals surface area contributed by atoms with Gasteiger partial charge < -0.3 is 9.13 Å². The number of thiophene rings is 2. The first-order chi connectivity index (χ1) is 26.7. The van der Waals surface area contributed by atoms with Gasteiger partial charge in [-0.15, -0.1) is 22.7 Å². The Hall–Kier alpha value is -6.05. The van der Waals surface area contributed by atoms with Gasteiger partial charge in [-0.3, -0.25) is 0 Å². The molecule has 0 bridgehead atoms. The lowest BCUT2D eigenvalue weighted by atomic mass is 10.1. The molecule has 0 aliphatic rings. The first-order valence-electron chi connectivity index (χ1n) is 18.0. The summed E-state index contributed by atoms with van der Waals surface area (Å²) in [5, 5.41) is 9.61. The zero-order valence-corrected chi connectivity index (χ0v) is 31.1. The largest absolute Gasteiger partial charge is 0.309 e. The lowest BCUT2D eigenvalue weighted by Gasteiger charge is -2.10. The summed E-state index contributed by atoms with van der Waals surface area (Å²) in [5.41, 5.74) is 6.72. The molecule has 0 aliphatic carbocycles. The fraction of sp³-hybridized carbons (Fsp3) is 0. The molecule has 8 aromatic carbocycles. The van der Waals surface area contributed by atoms with E-state index in [-0.39, 0.29) is 0 Å². The number of para-hydroxylation sites is 2. The minimum absolute atomic E-state index is 0.794. The molecular weight excluding hydrogens is 717 g/mol. The molecular formula is C48H28N2OS3. The average molecular weight is 745 g/mol. The molecule has 6 heteroatoms. The van der Waals surface area contributed by atoms with Crippen LogP contribution >= 0.6 is 22.7 Å². The molecule has 4 heterocycles. The second-order valence-electron chi connectivity index (χ2n) is 13.9. The van der Waals surface area contributed by atoms with E-state index in [2.05, 4.69) is 167 Å². The molecule has 3 nitrogen and oxygen atoms in total. The minimum atomic E-state index is -1.39. The van der Waals surface area contributed by atoms with Crippen LogP contribution < -0.4 is 0 Å². The summed E-state index contributed by atoms with van der Waals surface area (Å²) in [6.07, 6.45) is 0. The van der Waals surface area contributed by atoms with E-state index in [4.69, 9.17) is 0 Å². The minimum Gasteiger partial charge on any atom is -0.309 e. The molecule has 0 saturated heterocycles. The van der Waals surface area contributed by atoms with E-state index in [0.717, 1.165) is 64.8 Å². The molecule has 0 saturated carbocycles. The number of benzene rings is 8. The topological polar surface area (TPSA) is 26.9 Å². The van der Waals surface area contributed by atoms with Gasteiger partial charge in [0.05, 0.1) is 32.9 Å². The molecule has 0 fully saturated rings. The third-order valence-corrected chi connectivity index (χ3v) is 14.6. The van der Waals surface area contributed by atoms with Crippen LogP contribution in [0.2, 0.25) is 0 Å². The van der Waals surface area contributed by atoms with Crippen LogP contribution in [-0.4, -0.2) is 13.3 Å². The number of fused-ring (bicyclic) bond motifs is 12. The second kappa shape index (κ2) is 11.5. The molecule has 12 rings (SSSR count). The van der Waals surface area contributed by atoms with E-state index in [1.165, 1.54) is 40.3 Å². The lowest BCUT2D eigenvalue weighted by Crippen LogP contribution is -1.96. The van der Waals surface area contributed by atoms with E-state index in [1.54, 1.807) is 0 Å². The zero-order chi connectivity index (χ0) is 35.5. The highest BCUT2D eigenvalue weighted by Gasteiger charge is 2.19. The number of nitrogens with zero attached hydrogens (tertiary/aromatic N) is 2. The maximum atomic E-state index is 14.5. The molecule has 254 valence electrons. The van der Waals surface area contributed by atoms with Crippen LogP contribution in [0.15, 0.2) is 180 Å². The van der Waals surface area contributed by atoms with Crippen molar-refractivity contribution in [2.24, 2.45) is 0 Å². The Morgan fingerprint density at radius 2 is 0.722 bits per heavy atom. The predicted octanol–water partition coefficient (Wildman–Crippen LogP) is 13.8. The van der Waals surface area contributed by atoms with Gasteiger partial charge in [-0.1, -0.05) is 72.8 Å². The lowest BCUT2D eigenvalue weighted by molar-refractivity contribution is 0.683. The number of aromatic nitrogens is 2. The summed E-state index contributed by atoms with van der Waals surface area (Å²) in [5.74, 6) is 0. The van der Waals surface area contributed by atoms with E-state index >= 15 is 0 Å². The van der Waals surface area contributed by atoms with E-state index in [9.17, 15) is 4.21 Å². The Morgan fingerprint density at radius 1 is 0.333 bits per heavy atom. The molecule has 0 radical (unpaired) electrons. The van der Waals surface area contributed by atoms with Crippen molar-refractivity contribution in [3.8, 4) is 11.4 Å². The molecule has 0 unspecified atom stereocenters. The molecule has 12 aromatic rings. The zero-order valence-electron chi connectivity index (χ0n) is 28.7. The fourth-order valence-corrected chi connectivity index (χ4v) is 11.8. The predicted molar refractivity (Wildman–Crippen MR) is 232 cm³/mol. The van der Waals surface area contributed by atoms with E-state index < -0.39 is 10.8 Å². The van der Waals surface area contributed by atoms with Crippen LogP contribution in [0.1, 0.15) is 0 Å². The average Bonchev–Trinajstić information content (AvgIpc) is 3.97. The maximum absolute atomic E-state index is 14.5. The van der Waals surface area contributed by atoms with Gasteiger partial charge in [0.2, 0.25) is 0 Å². The van der Waals surface area contributed by atoms with Crippen molar-refractivity contribution in [2.45, 2.75) is 9.79 Å². The molecule has 54 heavy (non-hydrogen) atoms. The number of hydrogen-bond acceptors (Lipinski definition) is 3. The van der Waals surface area contributed by atoms with Crippen LogP contribution in [0.4, 0.5) is 0 Å². The normalized spacial score (nSPS) is 12.3. The van der Waals surface area contributed by atoms with Crippen LogP contribution in [0.3, 0.4) is 0 Å². The Bertz CT molecular complexity index is 3310. The maximum Gasteiger partial charge on any atom is 0.0850 e. The summed E-state index contributed by atoms with van der Waals surface area (Å²) < 4.78 is 24.4. The van der Waals surface area contributed by atoms with Crippen molar-refractivity contribution in [3.63, 3.8) is 0 Å². The Labute approximate surface area is 320 Å². The van der Waals surface area contributed by atoms with Crippen LogP contribution in [-0.2, 0) is 10.8 Å². The molecule has 0 aliphatic heterocycles. The molecule has 4 aromatic heterocycles. The smallest absolute Gasteiger partial charge is 0.0850 e. The molecule has 0 spiro atoms. The van der Waals surface area contributed by atoms with Gasteiger partial charge in [0.15, 0.2) is 0 Å². The third kappa shape index (κ3) is 4.36. The molecule has 0 amide bonds. The van der Waals surface area contributed by atoms with E-state index in [1.807, 2.05) is 34.8 Å². The van der Waals surface area contributed by atoms with Crippen LogP contribution in [0.5, 0.6) is 0 Å². The monoisotopic (exact) mass is 744 g/mol. The highest BCUT2D eigenvalue weighted by Crippen LogP contribution is 2.41. The standard InChI is InChI=1S/C48H28N2OS3/c51-54(31-19-21-43-37(27-31)33-9-1-5-13-41(33)49(43)29-17-23-47-39(25-29)35-11-3-7-15-45(35)52-47)32-20-22-44-38(28-32)34-10-2-6-14-42(34)50(44)30-18-24-48-40(26-30)36-12-4-8-16-46(36)53-48/h1-28H. The van der Waals surface area contributed by atoms with Crippen molar-refractivity contribution < 1.29 is 4.21 Å². The summed E-state index contributed by atoms with van der Waals surface area (Å²) >= 11 is 3.67. The van der Waals surface area contributed by atoms with Gasteiger partial charge in [-0.2, -0.15) is 0 Å². The Balaban J connectivity index is 0.990. The van der Waals surface area contributed by atoms with Crippen LogP contribution in [0.25, 0.3) is 95.3 Å². The fourth-order valence-electron chi connectivity index (χ4n) is 8.53. The van der Waals surface area contributed by atoms with Gasteiger partial charge >= 0.3 is 0 Å². The van der Waals surface area contributed by atoms with Gasteiger partial charge in [0.1, 0.15) is 0 Å². The highest BCUT2D eigenvalue weighted by atomic mass is 32.2. The summed E-state index contributed by atoms with van der Waals surface area (Å²) in [6.45, 7) is 0. The Morgan fingerprint density at radius 3 is 1.20 bits per heavy atom. The van der Waals surface area contributed by atoms with Crippen LogP contribution in [0, 0.1) is 0 Å². The van der Waals surface area contributed by atoms with Crippen molar-refractivity contribution in [3.05, 3.63) is 170 Å². The first kappa shape index (κ1) is 30.4. The second-order valence-corrected chi connectivity index (χ2v) is 17.5. The summed E-state index contributed by atoms with van der Waals surface area (Å²) in [7, 11) is -1.39. The molecule has 0 atom stereocenters.